The zero-order chi connectivity index (χ0) is 55.0. The third-order valence-electron chi connectivity index (χ3n) is 15.6. The molecule has 2 atom stereocenters. The summed E-state index contributed by atoms with van der Waals surface area (Å²) < 4.78 is 5.43. The van der Waals surface area contributed by atoms with Gasteiger partial charge in [-0.3, -0.25) is 9.59 Å². The van der Waals surface area contributed by atoms with Crippen LogP contribution in [0, 0.1) is 0 Å². The van der Waals surface area contributed by atoms with Crippen LogP contribution < -0.4 is 5.32 Å². The normalized spacial score (nSPS) is 12.8. The standard InChI is InChI=1S/C70H131NO5/c1-3-5-7-9-11-13-15-17-19-21-22-24-27-31-34-38-42-46-50-54-58-62-68(73)67(66-72)71-69(74)63-59-55-51-47-43-39-35-32-28-25-23-26-29-33-37-41-45-49-53-57-61-65-76-70(75)64-60-56-52-48-44-40-36-30-20-18-16-14-12-10-8-6-4-2/h18,20,41,45,53,57-58,62,67-68,72-73H,3-17,19,21-40,42-44,46-52,54-56,59-61,63-66H2,1-2H3,(H,71,74)/b20-18-,45-41-,57-53-,62-58+. The summed E-state index contributed by atoms with van der Waals surface area (Å²) >= 11 is 0. The second-order valence-corrected chi connectivity index (χ2v) is 23.1. The molecule has 0 aliphatic carbocycles. The Morgan fingerprint density at radius 3 is 1.01 bits per heavy atom. The van der Waals surface area contributed by atoms with E-state index in [1.165, 1.54) is 283 Å². The van der Waals surface area contributed by atoms with Crippen LogP contribution >= 0.6 is 0 Å². The monoisotopic (exact) mass is 1070 g/mol. The smallest absolute Gasteiger partial charge is 0.305 e. The molecule has 3 N–H and O–H groups in total. The molecule has 0 bridgehead atoms. The highest BCUT2D eigenvalue weighted by molar-refractivity contribution is 5.76. The van der Waals surface area contributed by atoms with Crippen molar-refractivity contribution < 1.29 is 24.5 Å². The van der Waals surface area contributed by atoms with Crippen molar-refractivity contribution in [3.8, 4) is 0 Å². The SMILES string of the molecule is CCCCCCCC/C=C\CCCCCCCCCC(=O)OCC/C=C\C/C=C\CCCCCCCCCCCCCCCCC(=O)NC(CO)C(O)/C=C/CCCCCCCCCCCCCCCCCCCCC. The Labute approximate surface area is 474 Å². The van der Waals surface area contributed by atoms with E-state index in [0.29, 0.717) is 19.4 Å². The van der Waals surface area contributed by atoms with Crippen molar-refractivity contribution in [2.24, 2.45) is 0 Å². The van der Waals surface area contributed by atoms with E-state index in [9.17, 15) is 19.8 Å². The van der Waals surface area contributed by atoms with Gasteiger partial charge in [0.05, 0.1) is 25.4 Å². The van der Waals surface area contributed by atoms with Crippen molar-refractivity contribution >= 4 is 11.9 Å². The second kappa shape index (κ2) is 65.3. The van der Waals surface area contributed by atoms with Crippen molar-refractivity contribution in [2.75, 3.05) is 13.2 Å². The summed E-state index contributed by atoms with van der Waals surface area (Å²) in [5, 5.41) is 23.2. The summed E-state index contributed by atoms with van der Waals surface area (Å²) in [5.74, 6) is -0.109. The van der Waals surface area contributed by atoms with Gasteiger partial charge in [-0.15, -0.1) is 0 Å². The molecule has 0 saturated carbocycles. The van der Waals surface area contributed by atoms with E-state index in [2.05, 4.69) is 55.6 Å². The fourth-order valence-corrected chi connectivity index (χ4v) is 10.4. The molecule has 6 heteroatoms. The van der Waals surface area contributed by atoms with Gasteiger partial charge in [-0.2, -0.15) is 0 Å². The van der Waals surface area contributed by atoms with Crippen molar-refractivity contribution in [2.45, 2.75) is 373 Å². The minimum atomic E-state index is -0.850. The predicted octanol–water partition coefficient (Wildman–Crippen LogP) is 21.7. The van der Waals surface area contributed by atoms with Crippen LogP contribution in [0.1, 0.15) is 361 Å². The quantitative estimate of drug-likeness (QED) is 0.0320. The van der Waals surface area contributed by atoms with E-state index in [1.54, 1.807) is 6.08 Å². The van der Waals surface area contributed by atoms with E-state index in [4.69, 9.17) is 4.74 Å². The maximum Gasteiger partial charge on any atom is 0.305 e. The molecule has 0 aromatic carbocycles. The Bertz CT molecular complexity index is 1270. The van der Waals surface area contributed by atoms with E-state index < -0.39 is 12.1 Å². The molecule has 0 aromatic rings. The summed E-state index contributed by atoms with van der Waals surface area (Å²) in [6.07, 6.45) is 84.7. The molecule has 0 fully saturated rings. The van der Waals surface area contributed by atoms with Crippen molar-refractivity contribution in [1.29, 1.82) is 0 Å². The Hall–Kier alpha value is -2.18. The first-order chi connectivity index (χ1) is 37.5. The first-order valence-electron chi connectivity index (χ1n) is 33.9. The molecule has 76 heavy (non-hydrogen) atoms. The first kappa shape index (κ1) is 73.8. The van der Waals surface area contributed by atoms with Gasteiger partial charge >= 0.3 is 5.97 Å². The van der Waals surface area contributed by atoms with Gasteiger partial charge in [-0.1, -0.05) is 319 Å². The van der Waals surface area contributed by atoms with Crippen LogP contribution in [0.5, 0.6) is 0 Å². The van der Waals surface area contributed by atoms with E-state index in [-0.39, 0.29) is 18.5 Å². The number of aliphatic hydroxyl groups is 2. The summed E-state index contributed by atoms with van der Waals surface area (Å²) in [6.45, 7) is 4.81. The van der Waals surface area contributed by atoms with Crippen molar-refractivity contribution in [1.82, 2.24) is 5.32 Å². The second-order valence-electron chi connectivity index (χ2n) is 23.1. The van der Waals surface area contributed by atoms with Gasteiger partial charge in [0.15, 0.2) is 0 Å². The molecule has 0 aliphatic heterocycles. The lowest BCUT2D eigenvalue weighted by Gasteiger charge is -2.20. The fraction of sp³-hybridized carbons (Fsp3) is 0.857. The molecule has 0 heterocycles. The topological polar surface area (TPSA) is 95.9 Å². The number of hydrogen-bond donors (Lipinski definition) is 3. The van der Waals surface area contributed by atoms with E-state index in [0.717, 1.165) is 51.4 Å². The van der Waals surface area contributed by atoms with Crippen molar-refractivity contribution in [3.05, 3.63) is 48.6 Å². The van der Waals surface area contributed by atoms with Crippen LogP contribution in [0.25, 0.3) is 0 Å². The predicted molar refractivity (Wildman–Crippen MR) is 333 cm³/mol. The summed E-state index contributed by atoms with van der Waals surface area (Å²) in [6, 6.07) is -0.634. The number of carbonyl (C=O) groups is 2. The van der Waals surface area contributed by atoms with Gasteiger partial charge in [0.2, 0.25) is 5.91 Å². The van der Waals surface area contributed by atoms with Crippen LogP contribution in [0.4, 0.5) is 0 Å². The average molecular weight is 1070 g/mol. The lowest BCUT2D eigenvalue weighted by molar-refractivity contribution is -0.143. The van der Waals surface area contributed by atoms with E-state index in [1.807, 2.05) is 6.08 Å². The Balaban J connectivity index is 3.48. The minimum Gasteiger partial charge on any atom is -0.465 e. The van der Waals surface area contributed by atoms with Gasteiger partial charge < -0.3 is 20.3 Å². The van der Waals surface area contributed by atoms with Gasteiger partial charge in [0.1, 0.15) is 0 Å². The fourth-order valence-electron chi connectivity index (χ4n) is 10.4. The summed E-state index contributed by atoms with van der Waals surface area (Å²) in [7, 11) is 0. The number of aliphatic hydroxyl groups excluding tert-OH is 2. The molecule has 0 spiro atoms. The maximum atomic E-state index is 12.5. The highest BCUT2D eigenvalue weighted by atomic mass is 16.5. The number of rotatable bonds is 63. The van der Waals surface area contributed by atoms with Gasteiger partial charge in [0.25, 0.3) is 0 Å². The molecule has 0 aliphatic rings. The zero-order valence-electron chi connectivity index (χ0n) is 51.0. The highest BCUT2D eigenvalue weighted by Gasteiger charge is 2.18. The number of unbranched alkanes of at least 4 members (excludes halogenated alkanes) is 46. The number of hydrogen-bond acceptors (Lipinski definition) is 5. The largest absolute Gasteiger partial charge is 0.465 e. The molecular formula is C70H131NO5. The molecule has 0 rings (SSSR count). The van der Waals surface area contributed by atoms with Gasteiger partial charge in [0, 0.05) is 12.8 Å². The third kappa shape index (κ3) is 61.0. The third-order valence-corrected chi connectivity index (χ3v) is 15.6. The summed E-state index contributed by atoms with van der Waals surface area (Å²) in [5.41, 5.74) is 0. The van der Waals surface area contributed by atoms with Gasteiger partial charge in [-0.05, 0) is 77.0 Å². The number of allylic oxidation sites excluding steroid dienone is 6. The average Bonchev–Trinajstić information content (AvgIpc) is 3.42. The lowest BCUT2D eigenvalue weighted by Crippen LogP contribution is -2.45. The molecule has 0 saturated heterocycles. The minimum absolute atomic E-state index is 0.0389. The lowest BCUT2D eigenvalue weighted by atomic mass is 10.0. The van der Waals surface area contributed by atoms with Crippen LogP contribution in [0.2, 0.25) is 0 Å². The Morgan fingerprint density at radius 1 is 0.368 bits per heavy atom. The van der Waals surface area contributed by atoms with Crippen LogP contribution in [-0.2, 0) is 14.3 Å². The van der Waals surface area contributed by atoms with E-state index >= 15 is 0 Å². The zero-order valence-corrected chi connectivity index (χ0v) is 51.0. The molecular weight excluding hydrogens is 935 g/mol. The number of carbonyl (C=O) groups excluding carboxylic acids is 2. The maximum absolute atomic E-state index is 12.5. The molecule has 1 amide bonds. The van der Waals surface area contributed by atoms with Crippen LogP contribution in [0.3, 0.4) is 0 Å². The molecule has 2 unspecified atom stereocenters. The van der Waals surface area contributed by atoms with Gasteiger partial charge in [-0.25, -0.2) is 0 Å². The molecule has 0 radical (unpaired) electrons. The van der Waals surface area contributed by atoms with Crippen LogP contribution in [-0.4, -0.2) is 47.4 Å². The number of amides is 1. The molecule has 0 aromatic heterocycles. The Kier molecular flexibility index (Phi) is 63.5. The molecule has 6 nitrogen and oxygen atoms in total. The van der Waals surface area contributed by atoms with Crippen LogP contribution in [0.15, 0.2) is 48.6 Å². The van der Waals surface area contributed by atoms with Crippen molar-refractivity contribution in [3.63, 3.8) is 0 Å². The number of esters is 1. The Morgan fingerprint density at radius 2 is 0.658 bits per heavy atom. The number of nitrogens with one attached hydrogen (secondary N) is 1. The first-order valence-corrected chi connectivity index (χ1v) is 33.9. The summed E-state index contributed by atoms with van der Waals surface area (Å²) in [4.78, 5) is 24.6. The highest BCUT2D eigenvalue weighted by Crippen LogP contribution is 2.18. The number of ether oxygens (including phenoxy) is 1. The molecule has 446 valence electrons.